The van der Waals surface area contributed by atoms with Gasteiger partial charge in [-0.2, -0.15) is 0 Å². The number of esters is 1. The lowest BCUT2D eigenvalue weighted by molar-refractivity contribution is -0.153. The number of benzene rings is 2. The van der Waals surface area contributed by atoms with Crippen molar-refractivity contribution >= 4 is 24.0 Å². The highest BCUT2D eigenvalue weighted by Gasteiger charge is 2.17. The molecule has 0 fully saturated rings. The van der Waals surface area contributed by atoms with E-state index in [1.165, 1.54) is 17.8 Å². The fourth-order valence-electron chi connectivity index (χ4n) is 2.47. The lowest BCUT2D eigenvalue weighted by Crippen LogP contribution is -2.24. The van der Waals surface area contributed by atoms with Crippen LogP contribution < -0.4 is 0 Å². The maximum absolute atomic E-state index is 14.3. The van der Waals surface area contributed by atoms with Crippen LogP contribution in [-0.4, -0.2) is 17.9 Å². The summed E-state index contributed by atoms with van der Waals surface area (Å²) in [4.78, 5) is 23.4. The molecule has 0 spiro atoms. The van der Waals surface area contributed by atoms with Gasteiger partial charge >= 0.3 is 5.97 Å². The second-order valence-corrected chi connectivity index (χ2v) is 8.09. The molecule has 0 saturated heterocycles. The Balaban J connectivity index is 2.08. The normalized spacial score (nSPS) is 11.3. The fraction of sp³-hybridized carbons (Fsp3) is 0.333. The van der Waals surface area contributed by atoms with E-state index >= 15 is 0 Å². The molecule has 0 bridgehead atoms. The van der Waals surface area contributed by atoms with E-state index in [0.29, 0.717) is 16.9 Å². The van der Waals surface area contributed by atoms with Gasteiger partial charge < -0.3 is 4.74 Å². The maximum atomic E-state index is 14.3. The smallest absolute Gasteiger partial charge is 0.310 e. The zero-order chi connectivity index (χ0) is 19.3. The first kappa shape index (κ1) is 20.2. The molecule has 0 heterocycles. The van der Waals surface area contributed by atoms with Gasteiger partial charge in [-0.15, -0.1) is 11.8 Å². The molecule has 0 aliphatic rings. The summed E-state index contributed by atoms with van der Waals surface area (Å²) in [6.45, 7) is 7.33. The van der Waals surface area contributed by atoms with Crippen molar-refractivity contribution in [3.8, 4) is 0 Å². The van der Waals surface area contributed by atoms with Crippen LogP contribution in [0.25, 0.3) is 0 Å². The van der Waals surface area contributed by atoms with Gasteiger partial charge in [-0.05, 0) is 50.5 Å². The second-order valence-electron chi connectivity index (χ2n) is 7.10. The minimum Gasteiger partial charge on any atom is -0.460 e. The zero-order valence-electron chi connectivity index (χ0n) is 15.5. The first-order valence-corrected chi connectivity index (χ1v) is 9.35. The summed E-state index contributed by atoms with van der Waals surface area (Å²) >= 11 is 1.34. The van der Waals surface area contributed by atoms with Crippen LogP contribution in [0.2, 0.25) is 0 Å². The van der Waals surface area contributed by atoms with Crippen molar-refractivity contribution in [2.24, 2.45) is 0 Å². The van der Waals surface area contributed by atoms with E-state index < -0.39 is 11.4 Å². The summed E-state index contributed by atoms with van der Waals surface area (Å²) in [6.07, 6.45) is 0.726. The quantitative estimate of drug-likeness (QED) is 0.400. The summed E-state index contributed by atoms with van der Waals surface area (Å²) in [5, 5.41) is 0. The molecule has 5 heteroatoms. The van der Waals surface area contributed by atoms with E-state index in [1.807, 2.05) is 52.0 Å². The van der Waals surface area contributed by atoms with E-state index in [0.717, 1.165) is 16.7 Å². The van der Waals surface area contributed by atoms with Crippen molar-refractivity contribution in [2.45, 2.75) is 50.4 Å². The third kappa shape index (κ3) is 5.70. The zero-order valence-corrected chi connectivity index (χ0v) is 16.3. The molecule has 0 aliphatic carbocycles. The minimum absolute atomic E-state index is 0.0665. The SMILES string of the molecule is Cc1ccc(C=O)c(F)c1SCc1cccc(CC(=O)OC(C)(C)C)c1. The van der Waals surface area contributed by atoms with E-state index in [-0.39, 0.29) is 18.0 Å². The van der Waals surface area contributed by atoms with Gasteiger partial charge in [0.15, 0.2) is 6.29 Å². The molecular weight excluding hydrogens is 351 g/mol. The van der Waals surface area contributed by atoms with Gasteiger partial charge in [0.25, 0.3) is 0 Å². The lowest BCUT2D eigenvalue weighted by Gasteiger charge is -2.19. The van der Waals surface area contributed by atoms with Gasteiger partial charge in [-0.1, -0.05) is 30.3 Å². The number of hydrogen-bond donors (Lipinski definition) is 0. The van der Waals surface area contributed by atoms with Crippen molar-refractivity contribution in [2.75, 3.05) is 0 Å². The molecule has 0 saturated carbocycles. The predicted octanol–water partition coefficient (Wildman–Crippen LogP) is 5.12. The molecular formula is C21H23FO3S. The Hall–Kier alpha value is -2.14. The van der Waals surface area contributed by atoms with Gasteiger partial charge in [0.2, 0.25) is 0 Å². The number of carbonyl (C=O) groups excluding carboxylic acids is 2. The summed E-state index contributed by atoms with van der Waals surface area (Å²) < 4.78 is 19.7. The highest BCUT2D eigenvalue weighted by molar-refractivity contribution is 7.98. The van der Waals surface area contributed by atoms with Crippen molar-refractivity contribution < 1.29 is 18.7 Å². The Morgan fingerprint density at radius 1 is 1.19 bits per heavy atom. The Kier molecular flexibility index (Phi) is 6.59. The number of aldehydes is 1. The van der Waals surface area contributed by atoms with Crippen LogP contribution >= 0.6 is 11.8 Å². The van der Waals surface area contributed by atoms with Crippen molar-refractivity contribution in [1.29, 1.82) is 0 Å². The topological polar surface area (TPSA) is 43.4 Å². The van der Waals surface area contributed by atoms with Gasteiger partial charge in [-0.25, -0.2) is 4.39 Å². The molecule has 0 aromatic heterocycles. The summed E-state index contributed by atoms with van der Waals surface area (Å²) in [6, 6.07) is 10.8. The molecule has 26 heavy (non-hydrogen) atoms. The summed E-state index contributed by atoms with van der Waals surface area (Å²) in [7, 11) is 0. The van der Waals surface area contributed by atoms with E-state index in [4.69, 9.17) is 4.74 Å². The number of carbonyl (C=O) groups is 2. The van der Waals surface area contributed by atoms with E-state index in [9.17, 15) is 14.0 Å². The average Bonchev–Trinajstić information content (AvgIpc) is 2.53. The Bertz CT molecular complexity index is 809. The Morgan fingerprint density at radius 3 is 2.54 bits per heavy atom. The molecule has 0 unspecified atom stereocenters. The number of rotatable bonds is 6. The molecule has 0 radical (unpaired) electrons. The van der Waals surface area contributed by atoms with Gasteiger partial charge in [0.1, 0.15) is 11.4 Å². The highest BCUT2D eigenvalue weighted by atomic mass is 32.2. The first-order chi connectivity index (χ1) is 12.2. The third-order valence-corrected chi connectivity index (χ3v) is 4.86. The highest BCUT2D eigenvalue weighted by Crippen LogP contribution is 2.30. The molecule has 2 aromatic carbocycles. The lowest BCUT2D eigenvalue weighted by atomic mass is 10.1. The molecule has 2 rings (SSSR count). The Morgan fingerprint density at radius 2 is 1.88 bits per heavy atom. The largest absolute Gasteiger partial charge is 0.460 e. The van der Waals surface area contributed by atoms with Crippen LogP contribution in [0.5, 0.6) is 0 Å². The molecule has 2 aromatic rings. The van der Waals surface area contributed by atoms with Gasteiger partial charge in [-0.3, -0.25) is 9.59 Å². The fourth-order valence-corrected chi connectivity index (χ4v) is 3.50. The standard InChI is InChI=1S/C21H23FO3S/c1-14-8-9-17(12-23)19(22)20(14)26-13-16-7-5-6-15(10-16)11-18(24)25-21(2,3)4/h5-10,12H,11,13H2,1-4H3. The monoisotopic (exact) mass is 374 g/mol. The van der Waals surface area contributed by atoms with E-state index in [2.05, 4.69) is 0 Å². The molecule has 0 aliphatic heterocycles. The van der Waals surface area contributed by atoms with Crippen LogP contribution in [0.3, 0.4) is 0 Å². The van der Waals surface area contributed by atoms with Crippen molar-refractivity contribution in [1.82, 2.24) is 0 Å². The molecule has 0 N–H and O–H groups in total. The number of aryl methyl sites for hydroxylation is 1. The molecule has 0 amide bonds. The number of ether oxygens (including phenoxy) is 1. The van der Waals surface area contributed by atoms with Crippen LogP contribution in [0, 0.1) is 12.7 Å². The number of hydrogen-bond acceptors (Lipinski definition) is 4. The van der Waals surface area contributed by atoms with Crippen molar-refractivity contribution in [3.05, 3.63) is 64.5 Å². The van der Waals surface area contributed by atoms with Crippen LogP contribution in [0.15, 0.2) is 41.3 Å². The number of halogens is 1. The van der Waals surface area contributed by atoms with E-state index in [1.54, 1.807) is 6.07 Å². The average molecular weight is 374 g/mol. The molecule has 138 valence electrons. The third-order valence-electron chi connectivity index (χ3n) is 3.59. The predicted molar refractivity (Wildman–Crippen MR) is 102 cm³/mol. The number of thioether (sulfide) groups is 1. The summed E-state index contributed by atoms with van der Waals surface area (Å²) in [5.41, 5.74) is 2.19. The van der Waals surface area contributed by atoms with Crippen LogP contribution in [-0.2, 0) is 21.7 Å². The first-order valence-electron chi connectivity index (χ1n) is 8.36. The van der Waals surface area contributed by atoms with Crippen LogP contribution in [0.1, 0.15) is 47.8 Å². The van der Waals surface area contributed by atoms with Crippen LogP contribution in [0.4, 0.5) is 4.39 Å². The minimum atomic E-state index is -0.511. The van der Waals surface area contributed by atoms with Gasteiger partial charge in [0, 0.05) is 10.6 Å². The van der Waals surface area contributed by atoms with Gasteiger partial charge in [0.05, 0.1) is 12.0 Å². The molecule has 0 atom stereocenters. The molecule has 3 nitrogen and oxygen atoms in total. The maximum Gasteiger partial charge on any atom is 0.310 e. The summed E-state index contributed by atoms with van der Waals surface area (Å²) in [5.74, 6) is -0.208. The Labute approximate surface area is 157 Å². The second kappa shape index (κ2) is 8.49. The van der Waals surface area contributed by atoms with Crippen molar-refractivity contribution in [3.63, 3.8) is 0 Å².